The van der Waals surface area contributed by atoms with Crippen LogP contribution in [-0.2, 0) is 10.0 Å². The Balaban J connectivity index is 1.80. The molecule has 0 bridgehead atoms. The summed E-state index contributed by atoms with van der Waals surface area (Å²) in [5.74, 6) is 0.350. The summed E-state index contributed by atoms with van der Waals surface area (Å²) in [5, 5.41) is 18.8. The Labute approximate surface area is 213 Å². The quantitative estimate of drug-likeness (QED) is 0.310. The summed E-state index contributed by atoms with van der Waals surface area (Å²) in [6.45, 7) is 1.73. The Morgan fingerprint density at radius 2 is 1.68 bits per heavy atom. The molecular weight excluding hydrogens is 502 g/mol. The number of aryl methyl sites for hydroxylation is 1. The normalized spacial score (nSPS) is 12.1. The number of methoxy groups -OCH3 is 3. The van der Waals surface area contributed by atoms with E-state index in [9.17, 15) is 13.5 Å². The van der Waals surface area contributed by atoms with Crippen LogP contribution in [0.2, 0.25) is 0 Å². The van der Waals surface area contributed by atoms with E-state index in [4.69, 9.17) is 14.2 Å². The molecule has 0 spiro atoms. The molecule has 0 unspecified atom stereocenters. The highest BCUT2D eigenvalue weighted by atomic mass is 32.2. The number of aliphatic hydroxyl groups excluding tert-OH is 1. The molecule has 4 rings (SSSR count). The van der Waals surface area contributed by atoms with Gasteiger partial charge < -0.3 is 19.3 Å². The van der Waals surface area contributed by atoms with E-state index in [0.717, 1.165) is 0 Å². The Morgan fingerprint density at radius 1 is 0.973 bits per heavy atom. The molecule has 0 saturated heterocycles. The molecule has 37 heavy (non-hydrogen) atoms. The largest absolute Gasteiger partial charge is 0.494 e. The summed E-state index contributed by atoms with van der Waals surface area (Å²) in [6.07, 6.45) is 1.34. The van der Waals surface area contributed by atoms with Crippen LogP contribution in [0.5, 0.6) is 17.4 Å². The smallest absolute Gasteiger partial charge is 0.243 e. The van der Waals surface area contributed by atoms with E-state index in [1.54, 1.807) is 43.3 Å². The van der Waals surface area contributed by atoms with Gasteiger partial charge in [0, 0.05) is 12.3 Å². The first-order valence-electron chi connectivity index (χ1n) is 10.9. The maximum Gasteiger partial charge on any atom is 0.243 e. The van der Waals surface area contributed by atoms with Crippen LogP contribution in [-0.4, -0.2) is 70.3 Å². The van der Waals surface area contributed by atoms with Gasteiger partial charge in [0.2, 0.25) is 21.9 Å². The second-order valence-electron chi connectivity index (χ2n) is 7.74. The van der Waals surface area contributed by atoms with E-state index in [1.807, 2.05) is 0 Å². The van der Waals surface area contributed by atoms with Gasteiger partial charge in [0.25, 0.3) is 0 Å². The minimum atomic E-state index is -4.16. The minimum Gasteiger partial charge on any atom is -0.494 e. The van der Waals surface area contributed by atoms with Gasteiger partial charge in [-0.15, -0.1) is 10.2 Å². The lowest BCUT2D eigenvalue weighted by atomic mass is 10.2. The average Bonchev–Trinajstić information content (AvgIpc) is 3.30. The fraction of sp³-hybridized carbons (Fsp3) is 0.261. The maximum absolute atomic E-state index is 13.1. The lowest BCUT2D eigenvalue weighted by Crippen LogP contribution is -2.24. The molecule has 14 heteroatoms. The van der Waals surface area contributed by atoms with Crippen molar-refractivity contribution in [2.45, 2.75) is 13.0 Å². The maximum atomic E-state index is 13.1. The van der Waals surface area contributed by atoms with Crippen LogP contribution in [0.15, 0.2) is 48.8 Å². The van der Waals surface area contributed by atoms with Gasteiger partial charge >= 0.3 is 0 Å². The molecule has 13 nitrogen and oxygen atoms in total. The van der Waals surface area contributed by atoms with Gasteiger partial charge in [-0.2, -0.15) is 0 Å². The summed E-state index contributed by atoms with van der Waals surface area (Å²) in [6, 6.07) is 10.1. The number of pyridine rings is 1. The van der Waals surface area contributed by atoms with Crippen molar-refractivity contribution in [3.63, 3.8) is 0 Å². The molecule has 1 atom stereocenters. The zero-order chi connectivity index (χ0) is 26.6. The molecule has 4 aromatic rings. The van der Waals surface area contributed by atoms with E-state index in [-0.39, 0.29) is 17.5 Å². The summed E-state index contributed by atoms with van der Waals surface area (Å²) in [7, 11) is 0.249. The van der Waals surface area contributed by atoms with Crippen molar-refractivity contribution in [2.75, 3.05) is 31.8 Å². The molecule has 2 N–H and O–H groups in total. The molecule has 0 amide bonds. The molecule has 194 valence electrons. The Bertz CT molecular complexity index is 1470. The standard InChI is InChI=1S/C23H25N7O6S/c1-14-11-25-16(12-24-14)17(31)13-37(32,33)29-23-28-27-22(15-7-5-10-20(26-15)36-4)30(23)21-18(34-2)8-6-9-19(21)35-3/h5-12,17,31H,13H2,1-4H3,(H,28,29)/t17-/m0/s1. The Morgan fingerprint density at radius 3 is 2.30 bits per heavy atom. The first-order chi connectivity index (χ1) is 17.8. The highest BCUT2D eigenvalue weighted by molar-refractivity contribution is 7.92. The highest BCUT2D eigenvalue weighted by Gasteiger charge is 2.27. The van der Waals surface area contributed by atoms with Crippen LogP contribution >= 0.6 is 0 Å². The first-order valence-corrected chi connectivity index (χ1v) is 12.6. The van der Waals surface area contributed by atoms with E-state index in [2.05, 4.69) is 29.9 Å². The molecule has 3 aromatic heterocycles. The van der Waals surface area contributed by atoms with Crippen molar-refractivity contribution in [2.24, 2.45) is 0 Å². The minimum absolute atomic E-state index is 0.116. The number of aromatic nitrogens is 6. The second-order valence-corrected chi connectivity index (χ2v) is 9.51. The van der Waals surface area contributed by atoms with Crippen LogP contribution in [0.1, 0.15) is 17.5 Å². The number of nitrogens with zero attached hydrogens (tertiary/aromatic N) is 6. The predicted molar refractivity (Wildman–Crippen MR) is 133 cm³/mol. The van der Waals surface area contributed by atoms with Crippen LogP contribution in [0.3, 0.4) is 0 Å². The highest BCUT2D eigenvalue weighted by Crippen LogP contribution is 2.37. The lowest BCUT2D eigenvalue weighted by molar-refractivity contribution is 0.196. The molecule has 0 fully saturated rings. The molecule has 0 radical (unpaired) electrons. The topological polar surface area (TPSA) is 163 Å². The third-order valence-corrected chi connectivity index (χ3v) is 6.46. The molecule has 0 aliphatic carbocycles. The van der Waals surface area contributed by atoms with E-state index >= 15 is 0 Å². The van der Waals surface area contributed by atoms with E-state index in [0.29, 0.717) is 34.5 Å². The van der Waals surface area contributed by atoms with Gasteiger partial charge in [-0.25, -0.2) is 13.4 Å². The summed E-state index contributed by atoms with van der Waals surface area (Å²) in [4.78, 5) is 12.5. The number of para-hydroxylation sites is 1. The van der Waals surface area contributed by atoms with Crippen LogP contribution in [0.25, 0.3) is 17.2 Å². The van der Waals surface area contributed by atoms with Crippen molar-refractivity contribution in [1.29, 1.82) is 0 Å². The van der Waals surface area contributed by atoms with E-state index in [1.165, 1.54) is 38.3 Å². The predicted octanol–water partition coefficient (Wildman–Crippen LogP) is 1.93. The average molecular weight is 528 g/mol. The number of rotatable bonds is 10. The van der Waals surface area contributed by atoms with Gasteiger partial charge in [0.05, 0.1) is 38.9 Å². The fourth-order valence-corrected chi connectivity index (χ4v) is 4.56. The number of sulfonamides is 1. The van der Waals surface area contributed by atoms with Crippen LogP contribution < -0.4 is 18.9 Å². The number of ether oxygens (including phenoxy) is 3. The first kappa shape index (κ1) is 25.8. The number of anilines is 1. The van der Waals surface area contributed by atoms with Crippen molar-refractivity contribution >= 4 is 16.0 Å². The van der Waals surface area contributed by atoms with Crippen molar-refractivity contribution < 1.29 is 27.7 Å². The Hall–Kier alpha value is -4.30. The number of hydrogen-bond acceptors (Lipinski definition) is 11. The van der Waals surface area contributed by atoms with Gasteiger partial charge in [0.15, 0.2) is 5.82 Å². The van der Waals surface area contributed by atoms with Gasteiger partial charge in [-0.3, -0.25) is 19.3 Å². The molecule has 0 saturated carbocycles. The number of benzene rings is 1. The third-order valence-electron chi connectivity index (χ3n) is 5.22. The second kappa shape index (κ2) is 10.8. The summed E-state index contributed by atoms with van der Waals surface area (Å²) >= 11 is 0. The van der Waals surface area contributed by atoms with Crippen LogP contribution in [0.4, 0.5) is 5.95 Å². The molecule has 3 heterocycles. The van der Waals surface area contributed by atoms with Gasteiger partial charge in [-0.05, 0) is 25.1 Å². The summed E-state index contributed by atoms with van der Waals surface area (Å²) in [5.41, 5.74) is 1.43. The number of nitrogens with one attached hydrogen (secondary N) is 1. The monoisotopic (exact) mass is 527 g/mol. The molecule has 0 aliphatic heterocycles. The third kappa shape index (κ3) is 5.59. The summed E-state index contributed by atoms with van der Waals surface area (Å²) < 4.78 is 46.3. The molecule has 1 aromatic carbocycles. The SMILES string of the molecule is COc1cccc(-c2nnc(NS(=O)(=O)C[C@H](O)c3cnc(C)cn3)n2-c2c(OC)cccc2OC)n1. The number of hydrogen-bond donors (Lipinski definition) is 2. The molecular formula is C23H25N7O6S. The van der Waals surface area contributed by atoms with Crippen molar-refractivity contribution in [1.82, 2.24) is 29.7 Å². The van der Waals surface area contributed by atoms with Crippen LogP contribution in [0, 0.1) is 6.92 Å². The lowest BCUT2D eigenvalue weighted by Gasteiger charge is -2.18. The number of aliphatic hydroxyl groups is 1. The Kier molecular flexibility index (Phi) is 7.50. The molecule has 0 aliphatic rings. The fourth-order valence-electron chi connectivity index (χ4n) is 3.48. The van der Waals surface area contributed by atoms with Crippen molar-refractivity contribution in [3.8, 4) is 34.6 Å². The van der Waals surface area contributed by atoms with Gasteiger partial charge in [-0.1, -0.05) is 12.1 Å². The zero-order valence-corrected chi connectivity index (χ0v) is 21.3. The zero-order valence-electron chi connectivity index (χ0n) is 20.5. The van der Waals surface area contributed by atoms with E-state index < -0.39 is 21.9 Å². The van der Waals surface area contributed by atoms with Crippen molar-refractivity contribution in [3.05, 3.63) is 60.2 Å². The van der Waals surface area contributed by atoms with Gasteiger partial charge in [0.1, 0.15) is 34.7 Å².